The Morgan fingerprint density at radius 3 is 2.94 bits per heavy atom. The van der Waals surface area contributed by atoms with Crippen molar-refractivity contribution < 1.29 is 0 Å². The fourth-order valence-electron chi connectivity index (χ4n) is 1.44. The number of aromatic nitrogens is 4. The van der Waals surface area contributed by atoms with E-state index in [-0.39, 0.29) is 0 Å². The number of nitrogens with zero attached hydrogens (tertiary/aromatic N) is 4. The Bertz CT molecular complexity index is 463. The lowest BCUT2D eigenvalue weighted by Crippen LogP contribution is -2.12. The van der Waals surface area contributed by atoms with Gasteiger partial charge in [-0.1, -0.05) is 0 Å². The highest BCUT2D eigenvalue weighted by Gasteiger charge is 1.96. The number of hydrogen-bond acceptors (Lipinski definition) is 4. The molecule has 84 valence electrons. The van der Waals surface area contributed by atoms with E-state index in [0.717, 1.165) is 24.7 Å². The van der Waals surface area contributed by atoms with E-state index >= 15 is 0 Å². The average molecular weight is 217 g/mol. The van der Waals surface area contributed by atoms with Crippen LogP contribution in [0.15, 0.2) is 24.7 Å². The van der Waals surface area contributed by atoms with Crippen LogP contribution in [0.25, 0.3) is 0 Å². The molecule has 0 atom stereocenters. The summed E-state index contributed by atoms with van der Waals surface area (Å²) in [6.07, 6.45) is 5.63. The first-order valence-corrected chi connectivity index (χ1v) is 5.26. The van der Waals surface area contributed by atoms with Gasteiger partial charge in [0.2, 0.25) is 0 Å². The molecule has 0 spiro atoms. The lowest BCUT2D eigenvalue weighted by atomic mass is 10.4. The SMILES string of the molecule is Cc1cnn(CCNc2ccnc(C)n2)c1. The van der Waals surface area contributed by atoms with Gasteiger partial charge in [0.25, 0.3) is 0 Å². The average Bonchev–Trinajstić information content (AvgIpc) is 2.64. The zero-order chi connectivity index (χ0) is 11.4. The summed E-state index contributed by atoms with van der Waals surface area (Å²) in [5.74, 6) is 1.64. The Balaban J connectivity index is 1.84. The standard InChI is InChI=1S/C11H15N5/c1-9-7-14-16(8-9)6-5-13-11-3-4-12-10(2)15-11/h3-4,7-8H,5-6H2,1-2H3,(H,12,13,15). The molecule has 0 unspecified atom stereocenters. The van der Waals surface area contributed by atoms with Crippen molar-refractivity contribution in [3.05, 3.63) is 36.0 Å². The van der Waals surface area contributed by atoms with E-state index in [2.05, 4.69) is 20.4 Å². The lowest BCUT2D eigenvalue weighted by Gasteiger charge is -2.05. The molecule has 0 bridgehead atoms. The monoisotopic (exact) mass is 217 g/mol. The molecule has 0 amide bonds. The summed E-state index contributed by atoms with van der Waals surface area (Å²) in [4.78, 5) is 8.30. The molecule has 1 N–H and O–H groups in total. The predicted octanol–water partition coefficient (Wildman–Crippen LogP) is 1.40. The van der Waals surface area contributed by atoms with Crippen LogP contribution in [-0.2, 0) is 6.54 Å². The maximum Gasteiger partial charge on any atom is 0.129 e. The third-order valence-corrected chi connectivity index (χ3v) is 2.19. The van der Waals surface area contributed by atoms with Gasteiger partial charge in [-0.2, -0.15) is 5.10 Å². The van der Waals surface area contributed by atoms with Gasteiger partial charge in [0.15, 0.2) is 0 Å². The van der Waals surface area contributed by atoms with Crippen molar-refractivity contribution >= 4 is 5.82 Å². The highest BCUT2D eigenvalue weighted by atomic mass is 15.3. The van der Waals surface area contributed by atoms with Gasteiger partial charge < -0.3 is 5.32 Å². The van der Waals surface area contributed by atoms with E-state index < -0.39 is 0 Å². The smallest absolute Gasteiger partial charge is 0.129 e. The molecule has 0 aliphatic rings. The summed E-state index contributed by atoms with van der Waals surface area (Å²) in [6, 6.07) is 1.86. The van der Waals surface area contributed by atoms with Crippen LogP contribution in [0.3, 0.4) is 0 Å². The van der Waals surface area contributed by atoms with Crippen LogP contribution in [0, 0.1) is 13.8 Å². The quantitative estimate of drug-likeness (QED) is 0.841. The first-order valence-electron chi connectivity index (χ1n) is 5.26. The molecule has 2 aromatic rings. The van der Waals surface area contributed by atoms with Crippen LogP contribution in [0.5, 0.6) is 0 Å². The number of hydrogen-bond donors (Lipinski definition) is 1. The Kier molecular flexibility index (Phi) is 3.14. The molecule has 0 fully saturated rings. The van der Waals surface area contributed by atoms with Crippen LogP contribution in [0.1, 0.15) is 11.4 Å². The van der Waals surface area contributed by atoms with Gasteiger partial charge in [0.05, 0.1) is 12.7 Å². The van der Waals surface area contributed by atoms with E-state index in [1.54, 1.807) is 6.20 Å². The summed E-state index contributed by atoms with van der Waals surface area (Å²) < 4.78 is 1.91. The first kappa shape index (κ1) is 10.6. The minimum atomic E-state index is 0.778. The van der Waals surface area contributed by atoms with Crippen molar-refractivity contribution in [1.29, 1.82) is 0 Å². The van der Waals surface area contributed by atoms with Crippen molar-refractivity contribution in [3.63, 3.8) is 0 Å². The maximum absolute atomic E-state index is 4.26. The van der Waals surface area contributed by atoms with Crippen LogP contribution < -0.4 is 5.32 Å². The molecular formula is C11H15N5. The summed E-state index contributed by atoms with van der Waals surface area (Å²) in [5.41, 5.74) is 1.18. The van der Waals surface area contributed by atoms with E-state index in [0.29, 0.717) is 0 Å². The van der Waals surface area contributed by atoms with Crippen molar-refractivity contribution in [2.75, 3.05) is 11.9 Å². The minimum Gasteiger partial charge on any atom is -0.368 e. The zero-order valence-corrected chi connectivity index (χ0v) is 9.51. The summed E-state index contributed by atoms with van der Waals surface area (Å²) in [5, 5.41) is 7.44. The highest BCUT2D eigenvalue weighted by Crippen LogP contribution is 2.00. The Hall–Kier alpha value is -1.91. The van der Waals surface area contributed by atoms with Crippen LogP contribution in [0.4, 0.5) is 5.82 Å². The van der Waals surface area contributed by atoms with Gasteiger partial charge >= 0.3 is 0 Å². The number of aryl methyl sites for hydroxylation is 2. The molecule has 16 heavy (non-hydrogen) atoms. The van der Waals surface area contributed by atoms with E-state index in [9.17, 15) is 0 Å². The highest BCUT2D eigenvalue weighted by molar-refractivity contribution is 5.32. The maximum atomic E-state index is 4.26. The summed E-state index contributed by atoms with van der Waals surface area (Å²) in [6.45, 7) is 5.54. The molecule has 0 aromatic carbocycles. The van der Waals surface area contributed by atoms with Gasteiger partial charge in [0, 0.05) is 18.9 Å². The van der Waals surface area contributed by atoms with Crippen LogP contribution >= 0.6 is 0 Å². The largest absolute Gasteiger partial charge is 0.368 e. The molecule has 0 aliphatic carbocycles. The van der Waals surface area contributed by atoms with Crippen LogP contribution in [0.2, 0.25) is 0 Å². The Morgan fingerprint density at radius 2 is 2.25 bits per heavy atom. The molecule has 0 radical (unpaired) electrons. The molecule has 2 heterocycles. The van der Waals surface area contributed by atoms with Gasteiger partial charge in [-0.25, -0.2) is 9.97 Å². The van der Waals surface area contributed by atoms with Gasteiger partial charge in [-0.15, -0.1) is 0 Å². The van der Waals surface area contributed by atoms with Crippen molar-refractivity contribution in [2.24, 2.45) is 0 Å². The third kappa shape index (κ3) is 2.79. The Labute approximate surface area is 94.5 Å². The second-order valence-electron chi connectivity index (χ2n) is 3.70. The fraction of sp³-hybridized carbons (Fsp3) is 0.364. The third-order valence-electron chi connectivity index (χ3n) is 2.19. The van der Waals surface area contributed by atoms with Gasteiger partial charge in [-0.3, -0.25) is 4.68 Å². The zero-order valence-electron chi connectivity index (χ0n) is 9.51. The normalized spacial score (nSPS) is 10.4. The molecular weight excluding hydrogens is 202 g/mol. The van der Waals surface area contributed by atoms with E-state index in [4.69, 9.17) is 0 Å². The van der Waals surface area contributed by atoms with Crippen molar-refractivity contribution in [1.82, 2.24) is 19.7 Å². The van der Waals surface area contributed by atoms with Crippen LogP contribution in [-0.4, -0.2) is 26.3 Å². The van der Waals surface area contributed by atoms with Gasteiger partial charge in [-0.05, 0) is 25.5 Å². The molecule has 2 aromatic heterocycles. The number of anilines is 1. The minimum absolute atomic E-state index is 0.778. The number of nitrogens with one attached hydrogen (secondary N) is 1. The second-order valence-corrected chi connectivity index (χ2v) is 3.70. The van der Waals surface area contributed by atoms with Crippen molar-refractivity contribution in [2.45, 2.75) is 20.4 Å². The van der Waals surface area contributed by atoms with E-state index in [1.165, 1.54) is 5.56 Å². The predicted molar refractivity (Wildman–Crippen MR) is 62.2 cm³/mol. The summed E-state index contributed by atoms with van der Waals surface area (Å²) in [7, 11) is 0. The topological polar surface area (TPSA) is 55.6 Å². The number of rotatable bonds is 4. The molecule has 2 rings (SSSR count). The Morgan fingerprint density at radius 1 is 1.38 bits per heavy atom. The molecule has 5 nitrogen and oxygen atoms in total. The molecule has 0 aliphatic heterocycles. The second kappa shape index (κ2) is 4.74. The van der Waals surface area contributed by atoms with Crippen molar-refractivity contribution in [3.8, 4) is 0 Å². The lowest BCUT2D eigenvalue weighted by molar-refractivity contribution is 0.636. The first-order chi connectivity index (χ1) is 7.74. The fourth-order valence-corrected chi connectivity index (χ4v) is 1.44. The molecule has 0 saturated heterocycles. The van der Waals surface area contributed by atoms with E-state index in [1.807, 2.05) is 37.0 Å². The molecule has 0 saturated carbocycles. The molecule has 5 heteroatoms. The van der Waals surface area contributed by atoms with Gasteiger partial charge in [0.1, 0.15) is 11.6 Å². The summed E-state index contributed by atoms with van der Waals surface area (Å²) >= 11 is 0.